The standard InChI is InChI=1S/C29H31IN6O6S2/c1-18-3-8-26(43-18)44(40,41)34-29(39)33-20-5-7-25(24(30)16-20)36-17-23(22-15-19(31-2)4-6-21(22)28(36)38)27(37)32-9-10-35-11-13-42-14-12-35/h3-8,15-17,31H,9-14H2,1-2H3,(H,32,37)(H2,33,34,39). The highest BCUT2D eigenvalue weighted by Gasteiger charge is 2.21. The van der Waals surface area contributed by atoms with Gasteiger partial charge in [0.25, 0.3) is 21.5 Å². The second-order valence-electron chi connectivity index (χ2n) is 10.0. The summed E-state index contributed by atoms with van der Waals surface area (Å²) in [6, 6.07) is 12.2. The van der Waals surface area contributed by atoms with Crippen LogP contribution in [0.3, 0.4) is 0 Å². The van der Waals surface area contributed by atoms with E-state index in [1.54, 1.807) is 56.4 Å². The highest BCUT2D eigenvalue weighted by Crippen LogP contribution is 2.26. The second-order valence-corrected chi connectivity index (χ2v) is 14.4. The van der Waals surface area contributed by atoms with Crippen molar-refractivity contribution in [3.8, 4) is 5.69 Å². The molecule has 1 fully saturated rings. The van der Waals surface area contributed by atoms with Crippen LogP contribution >= 0.6 is 33.9 Å². The van der Waals surface area contributed by atoms with Gasteiger partial charge in [-0.2, -0.15) is 0 Å². The highest BCUT2D eigenvalue weighted by atomic mass is 127. The number of carbonyl (C=O) groups is 2. The van der Waals surface area contributed by atoms with Crippen molar-refractivity contribution >= 4 is 78.0 Å². The minimum absolute atomic E-state index is 0.0357. The van der Waals surface area contributed by atoms with Gasteiger partial charge < -0.3 is 20.7 Å². The molecule has 0 saturated carbocycles. The summed E-state index contributed by atoms with van der Waals surface area (Å²) in [6.07, 6.45) is 1.53. The molecule has 1 saturated heterocycles. The van der Waals surface area contributed by atoms with Crippen LogP contribution < -0.4 is 26.2 Å². The summed E-state index contributed by atoms with van der Waals surface area (Å²) >= 11 is 3.09. The van der Waals surface area contributed by atoms with Gasteiger partial charge in [-0.05, 0) is 78.0 Å². The van der Waals surface area contributed by atoms with Crippen LogP contribution in [0.25, 0.3) is 16.5 Å². The van der Waals surface area contributed by atoms with Crippen LogP contribution in [-0.4, -0.2) is 76.3 Å². The molecule has 5 rings (SSSR count). The number of thiophene rings is 1. The lowest BCUT2D eigenvalue weighted by molar-refractivity contribution is 0.0383. The van der Waals surface area contributed by atoms with Crippen molar-refractivity contribution in [1.82, 2.24) is 19.5 Å². The second kappa shape index (κ2) is 13.6. The first-order valence-electron chi connectivity index (χ1n) is 13.7. The van der Waals surface area contributed by atoms with Crippen molar-refractivity contribution in [2.75, 3.05) is 57.1 Å². The average molecular weight is 751 g/mol. The maximum Gasteiger partial charge on any atom is 0.333 e. The molecule has 2 aromatic carbocycles. The van der Waals surface area contributed by atoms with E-state index in [1.807, 2.05) is 27.3 Å². The summed E-state index contributed by atoms with van der Waals surface area (Å²) in [5, 5.41) is 9.47. The third-order valence-electron chi connectivity index (χ3n) is 7.04. The van der Waals surface area contributed by atoms with Gasteiger partial charge in [-0.3, -0.25) is 19.1 Å². The fourth-order valence-corrected chi connectivity index (χ4v) is 7.73. The number of nitrogens with one attached hydrogen (secondary N) is 4. The van der Waals surface area contributed by atoms with Gasteiger partial charge in [0.1, 0.15) is 4.21 Å². The maximum absolute atomic E-state index is 13.7. The topological polar surface area (TPSA) is 151 Å². The Morgan fingerprint density at radius 2 is 1.77 bits per heavy atom. The molecule has 0 unspecified atom stereocenters. The molecule has 232 valence electrons. The Labute approximate surface area is 272 Å². The van der Waals surface area contributed by atoms with Crippen molar-refractivity contribution < 1.29 is 22.7 Å². The zero-order valence-electron chi connectivity index (χ0n) is 24.0. The molecule has 3 amide bonds. The van der Waals surface area contributed by atoms with Gasteiger partial charge in [-0.1, -0.05) is 0 Å². The number of hydrogen-bond donors (Lipinski definition) is 4. The van der Waals surface area contributed by atoms with Crippen LogP contribution in [0.15, 0.2) is 63.7 Å². The Bertz CT molecular complexity index is 1880. The Hall–Kier alpha value is -3.51. The smallest absolute Gasteiger partial charge is 0.333 e. The monoisotopic (exact) mass is 750 g/mol. The molecule has 2 aromatic heterocycles. The SMILES string of the molecule is CNc1ccc2c(=O)n(-c3ccc(NC(=O)NS(=O)(=O)c4ccc(C)s4)cc3I)cc(C(=O)NCCN3CCOCC3)c2c1. The summed E-state index contributed by atoms with van der Waals surface area (Å²) in [4.78, 5) is 42.7. The summed E-state index contributed by atoms with van der Waals surface area (Å²) in [6.45, 7) is 5.85. The molecule has 0 bridgehead atoms. The molecule has 4 aromatic rings. The number of ether oxygens (including phenoxy) is 1. The number of anilines is 2. The summed E-state index contributed by atoms with van der Waals surface area (Å²) in [5.74, 6) is -0.308. The van der Waals surface area contributed by atoms with Gasteiger partial charge in [0.15, 0.2) is 0 Å². The first-order chi connectivity index (χ1) is 21.1. The van der Waals surface area contributed by atoms with E-state index in [0.717, 1.165) is 35.0 Å². The Kier molecular flexibility index (Phi) is 9.89. The van der Waals surface area contributed by atoms with Gasteiger partial charge in [0.2, 0.25) is 0 Å². The molecule has 1 aliphatic heterocycles. The summed E-state index contributed by atoms with van der Waals surface area (Å²) in [7, 11) is -2.25. The predicted molar refractivity (Wildman–Crippen MR) is 180 cm³/mol. The first kappa shape index (κ1) is 31.9. The van der Waals surface area contributed by atoms with Crippen LogP contribution in [-0.2, 0) is 14.8 Å². The predicted octanol–water partition coefficient (Wildman–Crippen LogP) is 3.58. The number of morpholine rings is 1. The quantitative estimate of drug-likeness (QED) is 0.190. The summed E-state index contributed by atoms with van der Waals surface area (Å²) in [5.41, 5.74) is 1.59. The summed E-state index contributed by atoms with van der Waals surface area (Å²) < 4.78 is 34.5. The minimum atomic E-state index is -4.02. The molecular formula is C29H31IN6O6S2. The van der Waals surface area contributed by atoms with Gasteiger partial charge in [-0.15, -0.1) is 11.3 Å². The number of fused-ring (bicyclic) bond motifs is 1. The first-order valence-corrected chi connectivity index (χ1v) is 17.1. The van der Waals surface area contributed by atoms with Crippen LogP contribution in [0.5, 0.6) is 0 Å². The van der Waals surface area contributed by atoms with E-state index in [2.05, 4.69) is 20.9 Å². The molecule has 0 spiro atoms. The van der Waals surface area contributed by atoms with Crippen molar-refractivity contribution in [2.24, 2.45) is 0 Å². The van der Waals surface area contributed by atoms with Gasteiger partial charge in [0, 0.05) is 70.0 Å². The van der Waals surface area contributed by atoms with Gasteiger partial charge >= 0.3 is 6.03 Å². The van der Waals surface area contributed by atoms with Gasteiger partial charge in [-0.25, -0.2) is 17.9 Å². The minimum Gasteiger partial charge on any atom is -0.388 e. The van der Waals surface area contributed by atoms with Crippen molar-refractivity contribution in [3.63, 3.8) is 0 Å². The molecule has 3 heterocycles. The molecule has 0 aliphatic carbocycles. The zero-order chi connectivity index (χ0) is 31.4. The van der Waals surface area contributed by atoms with E-state index >= 15 is 0 Å². The molecule has 15 heteroatoms. The molecular weight excluding hydrogens is 719 g/mol. The number of amides is 3. The number of urea groups is 1. The number of benzene rings is 2. The highest BCUT2D eigenvalue weighted by molar-refractivity contribution is 14.1. The fourth-order valence-electron chi connectivity index (χ4n) is 4.77. The van der Waals surface area contributed by atoms with E-state index in [1.165, 1.54) is 16.8 Å². The van der Waals surface area contributed by atoms with E-state index in [0.29, 0.717) is 57.6 Å². The zero-order valence-corrected chi connectivity index (χ0v) is 27.8. The van der Waals surface area contributed by atoms with E-state index < -0.39 is 16.1 Å². The van der Waals surface area contributed by atoms with Crippen LogP contribution in [0.1, 0.15) is 15.2 Å². The number of carbonyl (C=O) groups excluding carboxylic acids is 2. The molecule has 0 atom stereocenters. The third-order valence-corrected chi connectivity index (χ3v) is 10.7. The van der Waals surface area contributed by atoms with Crippen LogP contribution in [0.2, 0.25) is 0 Å². The molecule has 44 heavy (non-hydrogen) atoms. The lowest BCUT2D eigenvalue weighted by Crippen LogP contribution is -2.41. The molecule has 1 aliphatic rings. The Morgan fingerprint density at radius 3 is 2.45 bits per heavy atom. The number of aromatic nitrogens is 1. The fraction of sp³-hybridized carbons (Fsp3) is 0.276. The number of aryl methyl sites for hydroxylation is 1. The molecule has 0 radical (unpaired) electrons. The average Bonchev–Trinajstić information content (AvgIpc) is 3.45. The van der Waals surface area contributed by atoms with Crippen molar-refractivity contribution in [1.29, 1.82) is 0 Å². The van der Waals surface area contributed by atoms with Gasteiger partial charge in [0.05, 0.1) is 24.5 Å². The maximum atomic E-state index is 13.7. The molecule has 4 N–H and O–H groups in total. The number of nitrogens with zero attached hydrogens (tertiary/aromatic N) is 2. The number of sulfonamides is 1. The lowest BCUT2D eigenvalue weighted by atomic mass is 10.1. The number of pyridine rings is 1. The Balaban J connectivity index is 1.40. The van der Waals surface area contributed by atoms with Crippen LogP contribution in [0.4, 0.5) is 16.2 Å². The van der Waals surface area contributed by atoms with E-state index in [9.17, 15) is 22.8 Å². The lowest BCUT2D eigenvalue weighted by Gasteiger charge is -2.26. The number of halogens is 1. The van der Waals surface area contributed by atoms with Crippen molar-refractivity contribution in [2.45, 2.75) is 11.1 Å². The molecule has 12 nitrogen and oxygen atoms in total. The third kappa shape index (κ3) is 7.23. The largest absolute Gasteiger partial charge is 0.388 e. The van der Waals surface area contributed by atoms with Crippen molar-refractivity contribution in [3.05, 3.63) is 79.1 Å². The van der Waals surface area contributed by atoms with Crippen LogP contribution in [0, 0.1) is 10.5 Å². The normalized spacial score (nSPS) is 13.9. The number of rotatable bonds is 9. The van der Waals surface area contributed by atoms with E-state index in [4.69, 9.17) is 4.74 Å². The van der Waals surface area contributed by atoms with E-state index in [-0.39, 0.29) is 15.7 Å². The Morgan fingerprint density at radius 1 is 1.02 bits per heavy atom. The number of hydrogen-bond acceptors (Lipinski definition) is 9.